The zero-order valence-electron chi connectivity index (χ0n) is 21.1. The lowest BCUT2D eigenvalue weighted by Gasteiger charge is -2.20. The Bertz CT molecular complexity index is 1810. The number of amides is 2. The quantitative estimate of drug-likeness (QED) is 0.112. The predicted octanol–water partition coefficient (Wildman–Crippen LogP) is 5.67. The highest BCUT2D eigenvalue weighted by molar-refractivity contribution is 9.12. The van der Waals surface area contributed by atoms with Crippen LogP contribution in [0.1, 0.15) is 0 Å². The number of alkyl halides is 4. The van der Waals surface area contributed by atoms with E-state index < -0.39 is 62.7 Å². The number of rotatable bonds is 10. The van der Waals surface area contributed by atoms with E-state index in [9.17, 15) is 40.6 Å². The molecule has 0 heterocycles. The first-order valence-corrected chi connectivity index (χ1v) is 18.2. The van der Waals surface area contributed by atoms with Gasteiger partial charge in [-0.25, -0.2) is 0 Å². The number of aromatic hydroxyl groups is 1. The third-order valence-corrected chi connectivity index (χ3v) is 11.9. The van der Waals surface area contributed by atoms with Crippen molar-refractivity contribution in [1.29, 1.82) is 0 Å². The van der Waals surface area contributed by atoms with Crippen molar-refractivity contribution in [3.05, 3.63) is 42.5 Å². The minimum absolute atomic E-state index is 0.0568. The number of phenolic OH excluding ortho intramolecular Hbond substituents is 1. The Kier molecular flexibility index (Phi) is 11.3. The molecule has 0 fully saturated rings. The van der Waals surface area contributed by atoms with Gasteiger partial charge in [-0.2, -0.15) is 16.8 Å². The zero-order chi connectivity index (χ0) is 31.6. The summed E-state index contributed by atoms with van der Waals surface area (Å²) in [5, 5.41) is 21.7. The highest BCUT2D eigenvalue weighted by atomic mass is 79.9. The highest BCUT2D eigenvalue weighted by Gasteiger charge is 2.25. The van der Waals surface area contributed by atoms with Crippen molar-refractivity contribution < 1.29 is 40.6 Å². The minimum atomic E-state index is -5.04. The van der Waals surface area contributed by atoms with Gasteiger partial charge in [-0.3, -0.25) is 18.7 Å². The number of carbonyl (C=O) groups excluding carboxylic acids is 2. The van der Waals surface area contributed by atoms with Gasteiger partial charge in [-0.05, 0) is 47.9 Å². The van der Waals surface area contributed by atoms with Crippen LogP contribution in [-0.2, 0) is 29.8 Å². The van der Waals surface area contributed by atoms with Crippen LogP contribution < -0.4 is 10.2 Å². The van der Waals surface area contributed by atoms with Gasteiger partial charge < -0.3 is 15.3 Å². The van der Waals surface area contributed by atoms with Crippen molar-refractivity contribution in [3.63, 3.8) is 0 Å². The number of hydrogen-bond donors (Lipinski definition) is 4. The second kappa shape index (κ2) is 13.7. The number of carbonyl (C=O) groups is 2. The number of halogens is 4. The van der Waals surface area contributed by atoms with Crippen molar-refractivity contribution in [2.24, 2.45) is 10.2 Å². The molecular formula is C23H20Br4N4O9S2. The number of fused-ring (bicyclic) bond motifs is 1. The SMILES string of the molecule is CN(C(=O)[C@H](Br)CBr)c1ccc2c(O)c(N=Nc3cc(NC(=O)[C@@H](Br)CBr)ccc3S(=O)(=O)O)c(S(=O)(=O)O)cc2c1. The lowest BCUT2D eigenvalue weighted by Crippen LogP contribution is -2.34. The third-order valence-electron chi connectivity index (χ3n) is 5.62. The van der Waals surface area contributed by atoms with Crippen molar-refractivity contribution in [2.45, 2.75) is 19.4 Å². The first-order valence-electron chi connectivity index (χ1n) is 11.3. The number of nitrogens with one attached hydrogen (secondary N) is 1. The molecule has 42 heavy (non-hydrogen) atoms. The van der Waals surface area contributed by atoms with Crippen LogP contribution in [0.15, 0.2) is 62.5 Å². The van der Waals surface area contributed by atoms with E-state index in [1.165, 1.54) is 36.2 Å². The van der Waals surface area contributed by atoms with Crippen molar-refractivity contribution >= 4 is 129 Å². The van der Waals surface area contributed by atoms with E-state index in [2.05, 4.69) is 79.3 Å². The molecule has 0 bridgehead atoms. The Balaban J connectivity index is 2.18. The summed E-state index contributed by atoms with van der Waals surface area (Å²) in [6.07, 6.45) is 0. The molecule has 0 aliphatic heterocycles. The fourth-order valence-corrected chi connectivity index (χ4v) is 5.78. The molecule has 3 aromatic rings. The van der Waals surface area contributed by atoms with Gasteiger partial charge >= 0.3 is 0 Å². The summed E-state index contributed by atoms with van der Waals surface area (Å²) >= 11 is 12.7. The Labute approximate surface area is 273 Å². The highest BCUT2D eigenvalue weighted by Crippen LogP contribution is 2.43. The van der Waals surface area contributed by atoms with Crippen LogP contribution in [0.4, 0.5) is 22.7 Å². The van der Waals surface area contributed by atoms with Crippen LogP contribution in [0.3, 0.4) is 0 Å². The predicted molar refractivity (Wildman–Crippen MR) is 171 cm³/mol. The normalized spacial score (nSPS) is 13.7. The Morgan fingerprint density at radius 2 is 1.52 bits per heavy atom. The molecule has 0 aliphatic carbocycles. The molecule has 226 valence electrons. The van der Waals surface area contributed by atoms with Gasteiger partial charge in [0, 0.05) is 34.5 Å². The summed E-state index contributed by atoms with van der Waals surface area (Å²) in [5.41, 5.74) is -0.859. The van der Waals surface area contributed by atoms with E-state index in [1.54, 1.807) is 0 Å². The second-order valence-electron chi connectivity index (χ2n) is 8.44. The minimum Gasteiger partial charge on any atom is -0.505 e. The van der Waals surface area contributed by atoms with E-state index in [0.717, 1.165) is 18.2 Å². The fourth-order valence-electron chi connectivity index (χ4n) is 3.53. The number of benzene rings is 3. The Morgan fingerprint density at radius 1 is 0.905 bits per heavy atom. The van der Waals surface area contributed by atoms with Gasteiger partial charge in [0.15, 0.2) is 5.75 Å². The maximum Gasteiger partial charge on any atom is 0.296 e. The third kappa shape index (κ3) is 7.93. The Hall–Kier alpha value is -2.00. The van der Waals surface area contributed by atoms with Crippen LogP contribution in [0.25, 0.3) is 10.8 Å². The second-order valence-corrected chi connectivity index (χ2v) is 14.7. The summed E-state index contributed by atoms with van der Waals surface area (Å²) in [5.74, 6) is -1.55. The number of phenols is 1. The summed E-state index contributed by atoms with van der Waals surface area (Å²) < 4.78 is 68.0. The maximum absolute atomic E-state index is 12.6. The Morgan fingerprint density at radius 3 is 2.10 bits per heavy atom. The molecule has 0 aromatic heterocycles. The molecule has 3 aromatic carbocycles. The van der Waals surface area contributed by atoms with Gasteiger partial charge in [0.2, 0.25) is 11.8 Å². The van der Waals surface area contributed by atoms with Crippen LogP contribution >= 0.6 is 63.7 Å². The van der Waals surface area contributed by atoms with E-state index in [4.69, 9.17) is 0 Å². The molecule has 0 unspecified atom stereocenters. The average Bonchev–Trinajstić information content (AvgIpc) is 2.93. The van der Waals surface area contributed by atoms with Crippen LogP contribution in [0.2, 0.25) is 0 Å². The van der Waals surface area contributed by atoms with Crippen molar-refractivity contribution in [1.82, 2.24) is 0 Å². The number of hydrogen-bond acceptors (Lipinski definition) is 9. The zero-order valence-corrected chi connectivity index (χ0v) is 29.0. The monoisotopic (exact) mass is 876 g/mol. The number of azo groups is 1. The molecule has 2 amide bonds. The molecule has 2 atom stereocenters. The van der Waals surface area contributed by atoms with E-state index in [1.807, 2.05) is 0 Å². The van der Waals surface area contributed by atoms with Gasteiger partial charge in [0.25, 0.3) is 20.2 Å². The first-order chi connectivity index (χ1) is 19.5. The molecule has 0 spiro atoms. The van der Waals surface area contributed by atoms with Gasteiger partial charge in [-0.1, -0.05) is 63.7 Å². The number of anilines is 2. The molecule has 0 saturated heterocycles. The van der Waals surface area contributed by atoms with E-state index in [0.29, 0.717) is 11.0 Å². The molecule has 0 saturated carbocycles. The van der Waals surface area contributed by atoms with Crippen molar-refractivity contribution in [2.75, 3.05) is 27.9 Å². The molecule has 13 nitrogen and oxygen atoms in total. The van der Waals surface area contributed by atoms with E-state index in [-0.39, 0.29) is 27.7 Å². The van der Waals surface area contributed by atoms with Crippen molar-refractivity contribution in [3.8, 4) is 5.75 Å². The molecule has 19 heteroatoms. The summed E-state index contributed by atoms with van der Waals surface area (Å²) in [4.78, 5) is 23.3. The molecular weight excluding hydrogens is 860 g/mol. The first kappa shape index (κ1) is 34.5. The maximum atomic E-state index is 12.6. The smallest absolute Gasteiger partial charge is 0.296 e. The van der Waals surface area contributed by atoms with E-state index >= 15 is 0 Å². The standard InChI is InChI=1S/C23H20Br4N4O9S2/c1-31(23(34)16(27)10-25)13-3-4-14-11(6-13)7-19(42(38,39)40)20(21(14)32)30-29-17-8-12(28-22(33)15(26)9-24)2-5-18(17)41(35,36)37/h2-8,15-16,32H,9-10H2,1H3,(H,28,33)(H,35,36,37)(H,38,39,40)/t15-,16+/m0/s1. The topological polar surface area (TPSA) is 203 Å². The summed E-state index contributed by atoms with van der Waals surface area (Å²) in [6, 6.07) is 8.43. The molecule has 0 radical (unpaired) electrons. The lowest BCUT2D eigenvalue weighted by molar-refractivity contribution is -0.117. The van der Waals surface area contributed by atoms with Crippen LogP contribution in [0, 0.1) is 0 Å². The summed E-state index contributed by atoms with van der Waals surface area (Å²) in [7, 11) is -8.41. The largest absolute Gasteiger partial charge is 0.505 e. The summed E-state index contributed by atoms with van der Waals surface area (Å²) in [6.45, 7) is 0. The molecule has 3 rings (SSSR count). The lowest BCUT2D eigenvalue weighted by atomic mass is 10.1. The van der Waals surface area contributed by atoms with Gasteiger partial charge in [-0.15, -0.1) is 10.2 Å². The van der Waals surface area contributed by atoms with Crippen LogP contribution in [-0.4, -0.2) is 70.2 Å². The van der Waals surface area contributed by atoms with Gasteiger partial charge in [0.05, 0.1) is 0 Å². The molecule has 0 aliphatic rings. The van der Waals surface area contributed by atoms with Gasteiger partial charge in [0.1, 0.15) is 30.8 Å². The fraction of sp³-hybridized carbons (Fsp3) is 0.217. The molecule has 4 N–H and O–H groups in total. The average molecular weight is 880 g/mol. The number of nitrogens with zero attached hydrogens (tertiary/aromatic N) is 3. The van der Waals surface area contributed by atoms with Crippen LogP contribution in [0.5, 0.6) is 5.75 Å².